The Hall–Kier alpha value is -1.80. The molecule has 0 saturated carbocycles. The van der Waals surface area contributed by atoms with Gasteiger partial charge in [-0.05, 0) is 39.3 Å². The molecule has 130 valence electrons. The predicted octanol–water partition coefficient (Wildman–Crippen LogP) is 1.98. The Morgan fingerprint density at radius 1 is 1.29 bits per heavy atom. The van der Waals surface area contributed by atoms with Crippen molar-refractivity contribution in [2.45, 2.75) is 39.2 Å². The van der Waals surface area contributed by atoms with Crippen LogP contribution in [0.1, 0.15) is 43.7 Å². The van der Waals surface area contributed by atoms with Crippen LogP contribution in [0.3, 0.4) is 0 Å². The van der Waals surface area contributed by atoms with Gasteiger partial charge in [-0.15, -0.1) is 0 Å². The van der Waals surface area contributed by atoms with Crippen LogP contribution in [-0.4, -0.2) is 51.8 Å². The summed E-state index contributed by atoms with van der Waals surface area (Å²) in [6, 6.07) is 4.16. The van der Waals surface area contributed by atoms with Crippen molar-refractivity contribution >= 4 is 10.0 Å². The van der Waals surface area contributed by atoms with Crippen LogP contribution in [0.15, 0.2) is 18.3 Å². The SMILES string of the molecule is Cc1nc(-c2ccnn2C(C)C)cc([C@H]2CCN(S(C)(=O)=O)C2)n1. The number of aryl methyl sites for hydroxylation is 1. The van der Waals surface area contributed by atoms with E-state index in [1.165, 1.54) is 10.6 Å². The zero-order valence-electron chi connectivity index (χ0n) is 14.5. The molecule has 1 saturated heterocycles. The molecule has 0 aromatic carbocycles. The average Bonchev–Trinajstić information content (AvgIpc) is 3.15. The summed E-state index contributed by atoms with van der Waals surface area (Å²) in [6.45, 7) is 7.05. The van der Waals surface area contributed by atoms with Crippen LogP contribution in [0.5, 0.6) is 0 Å². The van der Waals surface area contributed by atoms with E-state index >= 15 is 0 Å². The number of aromatic nitrogens is 4. The smallest absolute Gasteiger partial charge is 0.211 e. The molecule has 1 fully saturated rings. The molecular formula is C16H23N5O2S. The maximum atomic E-state index is 11.7. The Kier molecular flexibility index (Phi) is 4.44. The Bertz CT molecular complexity index is 844. The average molecular weight is 349 g/mol. The molecule has 3 heterocycles. The topological polar surface area (TPSA) is 81.0 Å². The van der Waals surface area contributed by atoms with Gasteiger partial charge >= 0.3 is 0 Å². The van der Waals surface area contributed by atoms with Crippen LogP contribution < -0.4 is 0 Å². The lowest BCUT2D eigenvalue weighted by molar-refractivity contribution is 0.477. The lowest BCUT2D eigenvalue weighted by Crippen LogP contribution is -2.27. The van der Waals surface area contributed by atoms with Gasteiger partial charge in [0, 0.05) is 36.9 Å². The first-order valence-electron chi connectivity index (χ1n) is 8.10. The highest BCUT2D eigenvalue weighted by molar-refractivity contribution is 7.88. The molecule has 8 heteroatoms. The minimum Gasteiger partial charge on any atom is -0.261 e. The minimum absolute atomic E-state index is 0.107. The fourth-order valence-corrected chi connectivity index (χ4v) is 4.02. The highest BCUT2D eigenvalue weighted by atomic mass is 32.2. The molecule has 0 bridgehead atoms. The summed E-state index contributed by atoms with van der Waals surface area (Å²) in [7, 11) is -3.15. The Balaban J connectivity index is 1.95. The van der Waals surface area contributed by atoms with Crippen molar-refractivity contribution in [3.8, 4) is 11.4 Å². The Labute approximate surface area is 142 Å². The van der Waals surface area contributed by atoms with Crippen molar-refractivity contribution in [1.82, 2.24) is 24.1 Å². The molecule has 0 aliphatic carbocycles. The van der Waals surface area contributed by atoms with E-state index in [-0.39, 0.29) is 12.0 Å². The zero-order valence-corrected chi connectivity index (χ0v) is 15.3. The van der Waals surface area contributed by atoms with Gasteiger partial charge in [-0.25, -0.2) is 22.7 Å². The van der Waals surface area contributed by atoms with E-state index in [4.69, 9.17) is 0 Å². The zero-order chi connectivity index (χ0) is 17.5. The van der Waals surface area contributed by atoms with Crippen molar-refractivity contribution in [2.24, 2.45) is 0 Å². The van der Waals surface area contributed by atoms with Crippen LogP contribution in [0.4, 0.5) is 0 Å². The van der Waals surface area contributed by atoms with E-state index in [2.05, 4.69) is 28.9 Å². The van der Waals surface area contributed by atoms with E-state index < -0.39 is 10.0 Å². The molecule has 24 heavy (non-hydrogen) atoms. The quantitative estimate of drug-likeness (QED) is 0.843. The van der Waals surface area contributed by atoms with Gasteiger partial charge < -0.3 is 0 Å². The second-order valence-electron chi connectivity index (χ2n) is 6.59. The molecule has 2 aromatic rings. The van der Waals surface area contributed by atoms with E-state index in [0.717, 1.165) is 23.5 Å². The number of rotatable bonds is 4. The fourth-order valence-electron chi connectivity index (χ4n) is 3.13. The van der Waals surface area contributed by atoms with Crippen molar-refractivity contribution < 1.29 is 8.42 Å². The van der Waals surface area contributed by atoms with Crippen molar-refractivity contribution in [1.29, 1.82) is 0 Å². The molecule has 0 radical (unpaired) electrons. The van der Waals surface area contributed by atoms with Crippen LogP contribution in [-0.2, 0) is 10.0 Å². The summed E-state index contributed by atoms with van der Waals surface area (Å²) in [5.41, 5.74) is 2.69. The van der Waals surface area contributed by atoms with Gasteiger partial charge in [-0.3, -0.25) is 4.68 Å². The normalized spacial score (nSPS) is 19.3. The summed E-state index contributed by atoms with van der Waals surface area (Å²) < 4.78 is 26.9. The number of sulfonamides is 1. The second kappa shape index (κ2) is 6.25. The summed E-state index contributed by atoms with van der Waals surface area (Å²) in [4.78, 5) is 9.11. The van der Waals surface area contributed by atoms with Crippen molar-refractivity contribution in [2.75, 3.05) is 19.3 Å². The largest absolute Gasteiger partial charge is 0.261 e. The maximum Gasteiger partial charge on any atom is 0.211 e. The van der Waals surface area contributed by atoms with Gasteiger partial charge in [-0.2, -0.15) is 5.10 Å². The molecule has 0 amide bonds. The van der Waals surface area contributed by atoms with Crippen LogP contribution in [0.25, 0.3) is 11.4 Å². The van der Waals surface area contributed by atoms with Crippen LogP contribution in [0, 0.1) is 6.92 Å². The van der Waals surface area contributed by atoms with Gasteiger partial charge in [0.2, 0.25) is 10.0 Å². The first-order valence-corrected chi connectivity index (χ1v) is 9.95. The second-order valence-corrected chi connectivity index (χ2v) is 8.57. The molecule has 2 aromatic heterocycles. The summed E-state index contributed by atoms with van der Waals surface area (Å²) in [5.74, 6) is 0.799. The minimum atomic E-state index is -3.15. The third-order valence-electron chi connectivity index (χ3n) is 4.32. The third kappa shape index (κ3) is 3.34. The Morgan fingerprint density at radius 3 is 2.67 bits per heavy atom. The third-order valence-corrected chi connectivity index (χ3v) is 5.59. The van der Waals surface area contributed by atoms with Crippen LogP contribution in [0.2, 0.25) is 0 Å². The number of nitrogens with zero attached hydrogens (tertiary/aromatic N) is 5. The molecule has 1 aliphatic rings. The standard InChI is InChI=1S/C16H23N5O2S/c1-11(2)21-16(5-7-17-21)15-9-14(18-12(3)19-15)13-6-8-20(10-13)24(4,22)23/h5,7,9,11,13H,6,8,10H2,1-4H3/t13-/m0/s1. The summed E-state index contributed by atoms with van der Waals surface area (Å²) >= 11 is 0. The molecule has 7 nitrogen and oxygen atoms in total. The maximum absolute atomic E-state index is 11.7. The Morgan fingerprint density at radius 2 is 2.04 bits per heavy atom. The van der Waals surface area contributed by atoms with E-state index in [0.29, 0.717) is 18.9 Å². The van der Waals surface area contributed by atoms with E-state index in [1.54, 1.807) is 6.20 Å². The first kappa shape index (κ1) is 17.0. The van der Waals surface area contributed by atoms with E-state index in [1.807, 2.05) is 23.7 Å². The van der Waals surface area contributed by atoms with Crippen LogP contribution >= 0.6 is 0 Å². The van der Waals surface area contributed by atoms with Crippen molar-refractivity contribution in [3.63, 3.8) is 0 Å². The van der Waals surface area contributed by atoms with Crippen molar-refractivity contribution in [3.05, 3.63) is 29.8 Å². The summed E-state index contributed by atoms with van der Waals surface area (Å²) in [6.07, 6.45) is 3.81. The molecule has 0 unspecified atom stereocenters. The van der Waals surface area contributed by atoms with E-state index in [9.17, 15) is 8.42 Å². The molecule has 0 N–H and O–H groups in total. The number of hydrogen-bond acceptors (Lipinski definition) is 5. The van der Waals surface area contributed by atoms with Gasteiger partial charge in [0.15, 0.2) is 0 Å². The monoisotopic (exact) mass is 349 g/mol. The molecule has 1 aliphatic heterocycles. The van der Waals surface area contributed by atoms with Gasteiger partial charge in [0.25, 0.3) is 0 Å². The molecule has 3 rings (SSSR count). The van der Waals surface area contributed by atoms with Gasteiger partial charge in [-0.1, -0.05) is 0 Å². The molecule has 1 atom stereocenters. The fraction of sp³-hybridized carbons (Fsp3) is 0.562. The molecular weight excluding hydrogens is 326 g/mol. The van der Waals surface area contributed by atoms with Gasteiger partial charge in [0.1, 0.15) is 5.82 Å². The first-order chi connectivity index (χ1) is 11.3. The number of hydrogen-bond donors (Lipinski definition) is 0. The van der Waals surface area contributed by atoms with Gasteiger partial charge in [0.05, 0.1) is 17.6 Å². The highest BCUT2D eigenvalue weighted by Gasteiger charge is 2.30. The lowest BCUT2D eigenvalue weighted by atomic mass is 10.0. The molecule has 0 spiro atoms. The predicted molar refractivity (Wildman–Crippen MR) is 92.1 cm³/mol. The lowest BCUT2D eigenvalue weighted by Gasteiger charge is -2.15. The summed E-state index contributed by atoms with van der Waals surface area (Å²) in [5, 5.41) is 4.36. The highest BCUT2D eigenvalue weighted by Crippen LogP contribution is 2.30.